The van der Waals surface area contributed by atoms with E-state index in [9.17, 15) is 9.59 Å². The Bertz CT molecular complexity index is 573. The molecule has 1 atom stereocenters. The summed E-state index contributed by atoms with van der Waals surface area (Å²) in [5.74, 6) is 0.629. The number of amides is 2. The summed E-state index contributed by atoms with van der Waals surface area (Å²) in [7, 11) is 0. The van der Waals surface area contributed by atoms with Crippen LogP contribution in [-0.4, -0.2) is 23.3 Å². The molecule has 1 N–H and O–H groups in total. The van der Waals surface area contributed by atoms with E-state index in [-0.39, 0.29) is 17.9 Å². The highest BCUT2D eigenvalue weighted by molar-refractivity contribution is 7.10. The number of urea groups is 1. The van der Waals surface area contributed by atoms with Crippen molar-refractivity contribution in [2.75, 3.05) is 6.54 Å². The van der Waals surface area contributed by atoms with Crippen LogP contribution in [0.25, 0.3) is 0 Å². The Balaban J connectivity index is 1.98. The van der Waals surface area contributed by atoms with E-state index < -0.39 is 0 Å². The number of nitrogens with one attached hydrogen (secondary N) is 1. The highest BCUT2D eigenvalue weighted by atomic mass is 32.1. The summed E-state index contributed by atoms with van der Waals surface area (Å²) in [4.78, 5) is 27.1. The normalized spacial score (nSPS) is 23.0. The minimum absolute atomic E-state index is 0.0293. The molecule has 0 radical (unpaired) electrons. The van der Waals surface area contributed by atoms with E-state index in [1.165, 1.54) is 12.8 Å². The van der Waals surface area contributed by atoms with Gasteiger partial charge in [-0.3, -0.25) is 9.69 Å². The van der Waals surface area contributed by atoms with Crippen LogP contribution in [0.2, 0.25) is 0 Å². The number of carbonyl (C=O) groups excluding carboxylic acids is 2. The molecule has 0 saturated heterocycles. The van der Waals surface area contributed by atoms with Crippen molar-refractivity contribution in [2.24, 2.45) is 5.92 Å². The van der Waals surface area contributed by atoms with E-state index >= 15 is 0 Å². The van der Waals surface area contributed by atoms with Crippen molar-refractivity contribution >= 4 is 23.2 Å². The fourth-order valence-corrected chi connectivity index (χ4v) is 3.47. The lowest BCUT2D eigenvalue weighted by atomic mass is 9.97. The fraction of sp³-hybridized carbons (Fsp3) is 0.467. The van der Waals surface area contributed by atoms with E-state index in [0.29, 0.717) is 11.5 Å². The van der Waals surface area contributed by atoms with Crippen LogP contribution in [0.15, 0.2) is 28.8 Å². The second-order valence-electron chi connectivity index (χ2n) is 5.51. The number of carbonyl (C=O) groups is 2. The number of thiophene rings is 1. The molecule has 2 aliphatic rings. The molecule has 0 aromatic carbocycles. The Labute approximate surface area is 122 Å². The first-order valence-electron chi connectivity index (χ1n) is 6.91. The van der Waals surface area contributed by atoms with Gasteiger partial charge in [-0.25, -0.2) is 4.79 Å². The van der Waals surface area contributed by atoms with Gasteiger partial charge < -0.3 is 5.32 Å². The minimum atomic E-state index is -0.296. The van der Waals surface area contributed by atoms with Gasteiger partial charge in [0.05, 0.1) is 6.04 Å². The van der Waals surface area contributed by atoms with E-state index in [2.05, 4.69) is 5.32 Å². The van der Waals surface area contributed by atoms with Crippen molar-refractivity contribution in [1.82, 2.24) is 10.2 Å². The lowest BCUT2D eigenvalue weighted by molar-refractivity contribution is -0.114. The van der Waals surface area contributed by atoms with E-state index in [0.717, 1.165) is 17.1 Å². The summed E-state index contributed by atoms with van der Waals surface area (Å²) >= 11 is 1.56. The Hall–Kier alpha value is -1.62. The number of rotatable bonds is 4. The maximum Gasteiger partial charge on any atom is 0.322 e. The number of Topliss-reactive ketones (excluding diaryl/α,β-unsaturated/α-hetero) is 1. The van der Waals surface area contributed by atoms with Gasteiger partial charge in [-0.2, -0.15) is 0 Å². The Morgan fingerprint density at radius 3 is 2.80 bits per heavy atom. The van der Waals surface area contributed by atoms with Crippen LogP contribution in [-0.2, 0) is 4.79 Å². The maximum absolute atomic E-state index is 12.3. The molecule has 0 spiro atoms. The molecule has 0 bridgehead atoms. The third-order valence-electron chi connectivity index (χ3n) is 3.94. The average Bonchev–Trinajstić information content (AvgIpc) is 3.03. The quantitative estimate of drug-likeness (QED) is 0.926. The van der Waals surface area contributed by atoms with Gasteiger partial charge >= 0.3 is 6.03 Å². The summed E-state index contributed by atoms with van der Waals surface area (Å²) < 4.78 is 0. The zero-order valence-electron chi connectivity index (χ0n) is 11.7. The molecule has 2 heterocycles. The molecular weight excluding hydrogens is 272 g/mol. The summed E-state index contributed by atoms with van der Waals surface area (Å²) in [6.07, 6.45) is 2.36. The van der Waals surface area contributed by atoms with Crippen LogP contribution in [0.4, 0.5) is 4.79 Å². The first-order chi connectivity index (χ1) is 9.58. The summed E-state index contributed by atoms with van der Waals surface area (Å²) in [5.41, 5.74) is 1.53. The Morgan fingerprint density at radius 1 is 1.50 bits per heavy atom. The number of nitrogens with zero attached hydrogens (tertiary/aromatic N) is 1. The smallest absolute Gasteiger partial charge is 0.322 e. The molecule has 4 nitrogen and oxygen atoms in total. The first-order valence-corrected chi connectivity index (χ1v) is 7.79. The summed E-state index contributed by atoms with van der Waals surface area (Å²) in [5, 5.41) is 4.95. The van der Waals surface area contributed by atoms with Gasteiger partial charge in [0.1, 0.15) is 0 Å². The van der Waals surface area contributed by atoms with Crippen LogP contribution in [0.5, 0.6) is 0 Å². The molecule has 1 aromatic heterocycles. The number of hydrogen-bond donors (Lipinski definition) is 1. The zero-order chi connectivity index (χ0) is 14.3. The summed E-state index contributed by atoms with van der Waals surface area (Å²) in [6.45, 7) is 4.19. The third-order valence-corrected chi connectivity index (χ3v) is 4.88. The zero-order valence-corrected chi connectivity index (χ0v) is 12.5. The molecule has 1 fully saturated rings. The average molecular weight is 290 g/mol. The molecule has 0 unspecified atom stereocenters. The van der Waals surface area contributed by atoms with Crippen molar-refractivity contribution in [3.8, 4) is 0 Å². The molecular formula is C15H18N2O2S. The van der Waals surface area contributed by atoms with E-state index in [1.807, 2.05) is 24.4 Å². The Kier molecular flexibility index (Phi) is 3.38. The second kappa shape index (κ2) is 5.05. The number of allylic oxidation sites excluding steroid dienone is 1. The molecule has 3 rings (SSSR count). The number of hydrogen-bond acceptors (Lipinski definition) is 3. The van der Waals surface area contributed by atoms with E-state index in [4.69, 9.17) is 0 Å². The SMILES string of the molecule is CC(=O)C1=C(C)N(CC2CC2)C(=O)N[C@H]1c1cccs1. The van der Waals surface area contributed by atoms with E-state index in [1.54, 1.807) is 23.2 Å². The molecule has 5 heteroatoms. The second-order valence-corrected chi connectivity index (χ2v) is 6.49. The molecule has 106 valence electrons. The molecule has 1 aliphatic carbocycles. The molecule has 20 heavy (non-hydrogen) atoms. The van der Waals surface area contributed by atoms with Gasteiger partial charge in [0.15, 0.2) is 5.78 Å². The molecule has 1 aromatic rings. The highest BCUT2D eigenvalue weighted by Gasteiger charge is 2.36. The number of ketones is 1. The van der Waals surface area contributed by atoms with Gasteiger partial charge in [-0.05, 0) is 44.1 Å². The van der Waals surface area contributed by atoms with Gasteiger partial charge in [-0.1, -0.05) is 6.07 Å². The largest absolute Gasteiger partial charge is 0.326 e. The minimum Gasteiger partial charge on any atom is -0.326 e. The predicted octanol–water partition coefficient (Wildman–Crippen LogP) is 3.09. The van der Waals surface area contributed by atoms with Crippen LogP contribution in [0.1, 0.15) is 37.6 Å². The van der Waals surface area contributed by atoms with Crippen molar-refractivity contribution < 1.29 is 9.59 Å². The standard InChI is InChI=1S/C15H18N2O2S/c1-9-13(10(2)18)14(12-4-3-7-20-12)16-15(19)17(9)8-11-5-6-11/h3-4,7,11,14H,5-6,8H2,1-2H3,(H,16,19)/t14-/m0/s1. The molecule has 1 saturated carbocycles. The van der Waals surface area contributed by atoms with Crippen molar-refractivity contribution in [3.63, 3.8) is 0 Å². The van der Waals surface area contributed by atoms with Crippen LogP contribution in [0, 0.1) is 5.92 Å². The van der Waals surface area contributed by atoms with Gasteiger partial charge in [0, 0.05) is 22.7 Å². The van der Waals surface area contributed by atoms with Crippen molar-refractivity contribution in [3.05, 3.63) is 33.7 Å². The van der Waals surface area contributed by atoms with Crippen LogP contribution in [0.3, 0.4) is 0 Å². The highest BCUT2D eigenvalue weighted by Crippen LogP contribution is 2.36. The van der Waals surface area contributed by atoms with Crippen molar-refractivity contribution in [1.29, 1.82) is 0 Å². The lowest BCUT2D eigenvalue weighted by Gasteiger charge is -2.35. The van der Waals surface area contributed by atoms with Crippen LogP contribution >= 0.6 is 11.3 Å². The monoisotopic (exact) mass is 290 g/mol. The Morgan fingerprint density at radius 2 is 2.25 bits per heavy atom. The molecule has 1 aliphatic heterocycles. The van der Waals surface area contributed by atoms with Crippen molar-refractivity contribution in [2.45, 2.75) is 32.7 Å². The van der Waals surface area contributed by atoms with Gasteiger partial charge in [0.25, 0.3) is 0 Å². The summed E-state index contributed by atoms with van der Waals surface area (Å²) in [6, 6.07) is 3.52. The third kappa shape index (κ3) is 2.38. The predicted molar refractivity (Wildman–Crippen MR) is 78.4 cm³/mol. The molecule has 2 amide bonds. The first kappa shape index (κ1) is 13.4. The van der Waals surface area contributed by atoms with Gasteiger partial charge in [-0.15, -0.1) is 11.3 Å². The van der Waals surface area contributed by atoms with Crippen LogP contribution < -0.4 is 5.32 Å². The maximum atomic E-state index is 12.3. The fourth-order valence-electron chi connectivity index (χ4n) is 2.69. The topological polar surface area (TPSA) is 49.4 Å². The lowest BCUT2D eigenvalue weighted by Crippen LogP contribution is -2.48. The van der Waals surface area contributed by atoms with Gasteiger partial charge in [0.2, 0.25) is 0 Å².